The van der Waals surface area contributed by atoms with Crippen LogP contribution >= 0.6 is 0 Å². The molecule has 3 rings (SSSR count). The molecule has 0 spiro atoms. The fraction of sp³-hybridized carbons (Fsp3) is 0.647. The SMILES string of the molecule is Cc1ccc(CN2CCN(CC3CCCO3)CC2)cc1. The second kappa shape index (κ2) is 6.70. The fourth-order valence-corrected chi connectivity index (χ4v) is 3.16. The highest BCUT2D eigenvalue weighted by Crippen LogP contribution is 2.15. The number of nitrogens with zero attached hydrogens (tertiary/aromatic N) is 2. The average molecular weight is 274 g/mol. The Morgan fingerprint density at radius 1 is 1.05 bits per heavy atom. The lowest BCUT2D eigenvalue weighted by molar-refractivity contribution is 0.0489. The van der Waals surface area contributed by atoms with Crippen molar-refractivity contribution in [3.05, 3.63) is 35.4 Å². The molecule has 0 radical (unpaired) electrons. The van der Waals surface area contributed by atoms with Gasteiger partial charge in [0.1, 0.15) is 0 Å². The molecule has 2 aliphatic heterocycles. The normalized spacial score (nSPS) is 25.1. The maximum absolute atomic E-state index is 5.73. The molecule has 1 unspecified atom stereocenters. The van der Waals surface area contributed by atoms with Crippen LogP contribution < -0.4 is 0 Å². The van der Waals surface area contributed by atoms with Crippen molar-refractivity contribution in [2.45, 2.75) is 32.4 Å². The molecule has 0 N–H and O–H groups in total. The number of benzene rings is 1. The van der Waals surface area contributed by atoms with Crippen molar-refractivity contribution >= 4 is 0 Å². The van der Waals surface area contributed by atoms with Crippen LogP contribution in [0.3, 0.4) is 0 Å². The van der Waals surface area contributed by atoms with E-state index in [1.165, 1.54) is 50.1 Å². The molecule has 110 valence electrons. The lowest BCUT2D eigenvalue weighted by Gasteiger charge is -2.35. The van der Waals surface area contributed by atoms with Crippen LogP contribution in [0.5, 0.6) is 0 Å². The Morgan fingerprint density at radius 2 is 1.75 bits per heavy atom. The van der Waals surface area contributed by atoms with Crippen molar-refractivity contribution in [2.24, 2.45) is 0 Å². The van der Waals surface area contributed by atoms with Gasteiger partial charge in [-0.15, -0.1) is 0 Å². The lowest BCUT2D eigenvalue weighted by Crippen LogP contribution is -2.48. The van der Waals surface area contributed by atoms with Crippen LogP contribution in [0.25, 0.3) is 0 Å². The van der Waals surface area contributed by atoms with Crippen molar-refractivity contribution in [2.75, 3.05) is 39.3 Å². The highest BCUT2D eigenvalue weighted by Gasteiger charge is 2.22. The zero-order valence-electron chi connectivity index (χ0n) is 12.6. The Bertz CT molecular complexity index is 404. The van der Waals surface area contributed by atoms with Crippen molar-refractivity contribution < 1.29 is 4.74 Å². The van der Waals surface area contributed by atoms with Gasteiger partial charge in [0.2, 0.25) is 0 Å². The number of hydrogen-bond donors (Lipinski definition) is 0. The molecule has 3 nitrogen and oxygen atoms in total. The smallest absolute Gasteiger partial charge is 0.0702 e. The van der Waals surface area contributed by atoms with Gasteiger partial charge in [-0.2, -0.15) is 0 Å². The topological polar surface area (TPSA) is 15.7 Å². The van der Waals surface area contributed by atoms with Gasteiger partial charge in [-0.25, -0.2) is 0 Å². The van der Waals surface area contributed by atoms with Crippen LogP contribution in [0.2, 0.25) is 0 Å². The molecule has 20 heavy (non-hydrogen) atoms. The molecule has 3 heteroatoms. The Labute approximate surface area is 122 Å². The molecule has 0 amide bonds. The monoisotopic (exact) mass is 274 g/mol. The third-order valence-corrected chi connectivity index (χ3v) is 4.48. The van der Waals surface area contributed by atoms with Gasteiger partial charge >= 0.3 is 0 Å². The first-order valence-corrected chi connectivity index (χ1v) is 7.91. The molecule has 0 saturated carbocycles. The van der Waals surface area contributed by atoms with Crippen molar-refractivity contribution in [1.29, 1.82) is 0 Å². The van der Waals surface area contributed by atoms with Crippen LogP contribution in [0.4, 0.5) is 0 Å². The molecule has 1 atom stereocenters. The first-order valence-electron chi connectivity index (χ1n) is 7.91. The summed E-state index contributed by atoms with van der Waals surface area (Å²) in [6.07, 6.45) is 3.00. The number of piperazine rings is 1. The van der Waals surface area contributed by atoms with Gasteiger partial charge in [0, 0.05) is 45.9 Å². The zero-order chi connectivity index (χ0) is 13.8. The highest BCUT2D eigenvalue weighted by molar-refractivity contribution is 5.21. The summed E-state index contributed by atoms with van der Waals surface area (Å²) in [6, 6.07) is 8.94. The van der Waals surface area contributed by atoms with E-state index in [1.54, 1.807) is 0 Å². The number of hydrogen-bond acceptors (Lipinski definition) is 3. The van der Waals surface area contributed by atoms with E-state index in [-0.39, 0.29) is 0 Å². The van der Waals surface area contributed by atoms with Crippen LogP contribution in [0.15, 0.2) is 24.3 Å². The van der Waals surface area contributed by atoms with E-state index in [9.17, 15) is 0 Å². The van der Waals surface area contributed by atoms with E-state index in [4.69, 9.17) is 4.74 Å². The number of ether oxygens (including phenoxy) is 1. The zero-order valence-corrected chi connectivity index (χ0v) is 12.6. The van der Waals surface area contributed by atoms with Crippen molar-refractivity contribution in [3.63, 3.8) is 0 Å². The van der Waals surface area contributed by atoms with Crippen LogP contribution in [0, 0.1) is 6.92 Å². The molecule has 1 aromatic rings. The van der Waals surface area contributed by atoms with Gasteiger partial charge in [0.15, 0.2) is 0 Å². The summed E-state index contributed by atoms with van der Waals surface area (Å²) in [6.45, 7) is 10.1. The maximum Gasteiger partial charge on any atom is 0.0702 e. The second-order valence-electron chi connectivity index (χ2n) is 6.20. The molecule has 0 aliphatic carbocycles. The summed E-state index contributed by atoms with van der Waals surface area (Å²) in [5.41, 5.74) is 2.78. The van der Waals surface area contributed by atoms with Gasteiger partial charge in [-0.05, 0) is 25.3 Å². The molecule has 0 aromatic heterocycles. The van der Waals surface area contributed by atoms with Gasteiger partial charge < -0.3 is 4.74 Å². The summed E-state index contributed by atoms with van der Waals surface area (Å²) < 4.78 is 5.73. The average Bonchev–Trinajstić information content (AvgIpc) is 2.96. The van der Waals surface area contributed by atoms with Gasteiger partial charge in [0.05, 0.1) is 6.10 Å². The predicted molar refractivity (Wildman–Crippen MR) is 81.9 cm³/mol. The molecule has 1 aromatic carbocycles. The van der Waals surface area contributed by atoms with E-state index in [0.29, 0.717) is 6.10 Å². The molecule has 2 saturated heterocycles. The third kappa shape index (κ3) is 3.81. The van der Waals surface area contributed by atoms with Crippen LogP contribution in [0.1, 0.15) is 24.0 Å². The standard InChI is InChI=1S/C17H26N2O/c1-15-4-6-16(7-5-15)13-18-8-10-19(11-9-18)14-17-3-2-12-20-17/h4-7,17H,2-3,8-14H2,1H3. The van der Waals surface area contributed by atoms with Crippen LogP contribution in [-0.4, -0.2) is 55.2 Å². The van der Waals surface area contributed by atoms with E-state index < -0.39 is 0 Å². The van der Waals surface area contributed by atoms with Crippen molar-refractivity contribution in [3.8, 4) is 0 Å². The predicted octanol–water partition coefficient (Wildman–Crippen LogP) is 2.29. The summed E-state index contributed by atoms with van der Waals surface area (Å²) in [5.74, 6) is 0. The summed E-state index contributed by atoms with van der Waals surface area (Å²) in [5, 5.41) is 0. The minimum Gasteiger partial charge on any atom is -0.377 e. The molecule has 2 fully saturated rings. The highest BCUT2D eigenvalue weighted by atomic mass is 16.5. The fourth-order valence-electron chi connectivity index (χ4n) is 3.16. The molecule has 2 heterocycles. The Balaban J connectivity index is 1.42. The first kappa shape index (κ1) is 14.1. The third-order valence-electron chi connectivity index (χ3n) is 4.48. The largest absolute Gasteiger partial charge is 0.377 e. The van der Waals surface area contributed by atoms with Gasteiger partial charge in [-0.1, -0.05) is 29.8 Å². The van der Waals surface area contributed by atoms with Crippen LogP contribution in [-0.2, 0) is 11.3 Å². The minimum absolute atomic E-state index is 0.499. The molecular weight excluding hydrogens is 248 g/mol. The van der Waals surface area contributed by atoms with E-state index in [0.717, 1.165) is 19.7 Å². The first-order chi connectivity index (χ1) is 9.79. The maximum atomic E-state index is 5.73. The Hall–Kier alpha value is -0.900. The minimum atomic E-state index is 0.499. The Kier molecular flexibility index (Phi) is 4.71. The molecular formula is C17H26N2O. The van der Waals surface area contributed by atoms with E-state index in [1.807, 2.05) is 0 Å². The molecule has 2 aliphatic rings. The second-order valence-corrected chi connectivity index (χ2v) is 6.20. The van der Waals surface area contributed by atoms with Crippen molar-refractivity contribution in [1.82, 2.24) is 9.80 Å². The quantitative estimate of drug-likeness (QED) is 0.838. The number of aryl methyl sites for hydroxylation is 1. The summed E-state index contributed by atoms with van der Waals surface area (Å²) >= 11 is 0. The van der Waals surface area contributed by atoms with Gasteiger partial charge in [0.25, 0.3) is 0 Å². The number of rotatable bonds is 4. The lowest BCUT2D eigenvalue weighted by atomic mass is 10.1. The summed E-state index contributed by atoms with van der Waals surface area (Å²) in [4.78, 5) is 5.14. The Morgan fingerprint density at radius 3 is 2.40 bits per heavy atom. The van der Waals surface area contributed by atoms with Gasteiger partial charge in [-0.3, -0.25) is 9.80 Å². The van der Waals surface area contributed by atoms with E-state index in [2.05, 4.69) is 41.0 Å². The molecule has 0 bridgehead atoms. The summed E-state index contributed by atoms with van der Waals surface area (Å²) in [7, 11) is 0. The van der Waals surface area contributed by atoms with E-state index >= 15 is 0 Å².